The van der Waals surface area contributed by atoms with E-state index in [0.717, 1.165) is 36.8 Å². The molecule has 0 saturated carbocycles. The first kappa shape index (κ1) is 10.6. The summed E-state index contributed by atoms with van der Waals surface area (Å²) in [5.74, 6) is -0.668. The highest BCUT2D eigenvalue weighted by molar-refractivity contribution is 6.06. The van der Waals surface area contributed by atoms with Crippen LogP contribution in [0.25, 0.3) is 0 Å². The maximum Gasteiger partial charge on any atom is 0.211 e. The van der Waals surface area contributed by atoms with Crippen LogP contribution in [0.4, 0.5) is 0 Å². The number of carbonyl (C=O) groups excluding carboxylic acids is 1. The lowest BCUT2D eigenvalue weighted by molar-refractivity contribution is -0.147. The lowest BCUT2D eigenvalue weighted by Crippen LogP contribution is -2.39. The number of rotatable bonds is 2. The van der Waals surface area contributed by atoms with Gasteiger partial charge in [0.1, 0.15) is 0 Å². The van der Waals surface area contributed by atoms with Crippen molar-refractivity contribution in [3.05, 3.63) is 23.3 Å². The maximum atomic E-state index is 11.7. The van der Waals surface area contributed by atoms with Crippen LogP contribution in [0.3, 0.4) is 0 Å². The average molecular weight is 208 g/mol. The number of methoxy groups -OCH3 is 2. The predicted octanol–water partition coefficient (Wildman–Crippen LogP) is 1.99. The molecule has 0 atom stereocenters. The Morgan fingerprint density at radius 2 is 1.87 bits per heavy atom. The summed E-state index contributed by atoms with van der Waals surface area (Å²) in [4.78, 5) is 11.7. The summed E-state index contributed by atoms with van der Waals surface area (Å²) < 4.78 is 10.9. The minimum Gasteiger partial charge on any atom is -0.346 e. The van der Waals surface area contributed by atoms with E-state index < -0.39 is 5.79 Å². The molecule has 0 aliphatic heterocycles. The SMILES string of the molecule is COC1(OC)C=CC(=O)C2=C1CCCC2. The Morgan fingerprint density at radius 3 is 2.53 bits per heavy atom. The van der Waals surface area contributed by atoms with E-state index in [0.29, 0.717) is 0 Å². The maximum absolute atomic E-state index is 11.7. The first-order valence-corrected chi connectivity index (χ1v) is 5.30. The molecule has 15 heavy (non-hydrogen) atoms. The largest absolute Gasteiger partial charge is 0.346 e. The summed E-state index contributed by atoms with van der Waals surface area (Å²) in [6.45, 7) is 0. The van der Waals surface area contributed by atoms with Crippen molar-refractivity contribution < 1.29 is 14.3 Å². The Hall–Kier alpha value is -0.930. The molecule has 0 aromatic rings. The van der Waals surface area contributed by atoms with Gasteiger partial charge in [0, 0.05) is 19.8 Å². The zero-order valence-electron chi connectivity index (χ0n) is 9.21. The third-order valence-electron chi connectivity index (χ3n) is 3.25. The van der Waals surface area contributed by atoms with Crippen molar-refractivity contribution >= 4 is 5.78 Å². The quantitative estimate of drug-likeness (QED) is 0.651. The van der Waals surface area contributed by atoms with E-state index in [1.165, 1.54) is 0 Å². The highest BCUT2D eigenvalue weighted by atomic mass is 16.7. The molecule has 2 aliphatic carbocycles. The first-order valence-electron chi connectivity index (χ1n) is 5.30. The minimum atomic E-state index is -0.788. The highest BCUT2D eigenvalue weighted by Gasteiger charge is 2.39. The molecule has 3 heteroatoms. The Labute approximate surface area is 89.8 Å². The van der Waals surface area contributed by atoms with Crippen molar-refractivity contribution in [2.45, 2.75) is 31.5 Å². The third-order valence-corrected chi connectivity index (χ3v) is 3.25. The molecule has 0 N–H and O–H groups in total. The van der Waals surface area contributed by atoms with Gasteiger partial charge in [-0.15, -0.1) is 0 Å². The van der Waals surface area contributed by atoms with Gasteiger partial charge < -0.3 is 9.47 Å². The summed E-state index contributed by atoms with van der Waals surface area (Å²) in [5.41, 5.74) is 1.92. The topological polar surface area (TPSA) is 35.5 Å². The van der Waals surface area contributed by atoms with Crippen LogP contribution >= 0.6 is 0 Å². The Kier molecular flexibility index (Phi) is 2.76. The molecule has 2 aliphatic rings. The first-order chi connectivity index (χ1) is 7.23. The van der Waals surface area contributed by atoms with E-state index in [1.807, 2.05) is 0 Å². The van der Waals surface area contributed by atoms with E-state index in [-0.39, 0.29) is 5.78 Å². The molecular formula is C12H16O3. The van der Waals surface area contributed by atoms with Crippen LogP contribution in [0, 0.1) is 0 Å². The fraction of sp³-hybridized carbons (Fsp3) is 0.583. The van der Waals surface area contributed by atoms with E-state index in [4.69, 9.17) is 9.47 Å². The number of hydrogen-bond donors (Lipinski definition) is 0. The highest BCUT2D eigenvalue weighted by Crippen LogP contribution is 2.39. The summed E-state index contributed by atoms with van der Waals surface area (Å²) in [5, 5.41) is 0. The lowest BCUT2D eigenvalue weighted by Gasteiger charge is -2.36. The Morgan fingerprint density at radius 1 is 1.20 bits per heavy atom. The van der Waals surface area contributed by atoms with Gasteiger partial charge in [0.25, 0.3) is 0 Å². The van der Waals surface area contributed by atoms with Crippen LogP contribution in [-0.4, -0.2) is 25.8 Å². The van der Waals surface area contributed by atoms with Crippen molar-refractivity contribution in [3.63, 3.8) is 0 Å². The van der Waals surface area contributed by atoms with Crippen molar-refractivity contribution in [1.29, 1.82) is 0 Å². The molecular weight excluding hydrogens is 192 g/mol. The van der Waals surface area contributed by atoms with Gasteiger partial charge in [0.15, 0.2) is 5.78 Å². The van der Waals surface area contributed by atoms with Gasteiger partial charge in [-0.2, -0.15) is 0 Å². The van der Waals surface area contributed by atoms with Gasteiger partial charge in [-0.1, -0.05) is 0 Å². The second-order valence-electron chi connectivity index (χ2n) is 3.94. The second kappa shape index (κ2) is 3.91. The van der Waals surface area contributed by atoms with Gasteiger partial charge in [0.2, 0.25) is 5.79 Å². The molecule has 2 rings (SSSR count). The normalized spacial score (nSPS) is 24.3. The van der Waals surface area contributed by atoms with Gasteiger partial charge in [-0.3, -0.25) is 4.79 Å². The van der Waals surface area contributed by atoms with E-state index in [1.54, 1.807) is 26.4 Å². The third kappa shape index (κ3) is 1.56. The molecule has 0 radical (unpaired) electrons. The van der Waals surface area contributed by atoms with Crippen LogP contribution in [0.2, 0.25) is 0 Å². The van der Waals surface area contributed by atoms with Crippen molar-refractivity contribution in [1.82, 2.24) is 0 Å². The van der Waals surface area contributed by atoms with Crippen LogP contribution in [0.1, 0.15) is 25.7 Å². The number of ether oxygens (including phenoxy) is 2. The molecule has 0 heterocycles. The molecule has 0 unspecified atom stereocenters. The van der Waals surface area contributed by atoms with Crippen LogP contribution in [0.5, 0.6) is 0 Å². The van der Waals surface area contributed by atoms with E-state index in [2.05, 4.69) is 0 Å². The number of hydrogen-bond acceptors (Lipinski definition) is 3. The molecule has 0 fully saturated rings. The van der Waals surface area contributed by atoms with Crippen molar-refractivity contribution in [2.24, 2.45) is 0 Å². The molecule has 0 saturated heterocycles. The fourth-order valence-electron chi connectivity index (χ4n) is 2.41. The monoisotopic (exact) mass is 208 g/mol. The van der Waals surface area contributed by atoms with Crippen LogP contribution in [0.15, 0.2) is 23.3 Å². The van der Waals surface area contributed by atoms with Gasteiger partial charge in [-0.05, 0) is 43.4 Å². The van der Waals surface area contributed by atoms with Gasteiger partial charge >= 0.3 is 0 Å². The Bertz CT molecular complexity index is 335. The number of carbonyl (C=O) groups is 1. The number of ketones is 1. The van der Waals surface area contributed by atoms with E-state index >= 15 is 0 Å². The average Bonchev–Trinajstić information content (AvgIpc) is 2.31. The Balaban J connectivity index is 2.46. The minimum absolute atomic E-state index is 0.120. The van der Waals surface area contributed by atoms with Gasteiger partial charge in [0.05, 0.1) is 0 Å². The summed E-state index contributed by atoms with van der Waals surface area (Å²) >= 11 is 0. The molecule has 82 valence electrons. The summed E-state index contributed by atoms with van der Waals surface area (Å²) in [6, 6.07) is 0. The van der Waals surface area contributed by atoms with E-state index in [9.17, 15) is 4.79 Å². The molecule has 0 amide bonds. The second-order valence-corrected chi connectivity index (χ2v) is 3.94. The molecule has 0 aromatic carbocycles. The summed E-state index contributed by atoms with van der Waals surface area (Å²) in [7, 11) is 3.23. The zero-order valence-corrected chi connectivity index (χ0v) is 9.21. The van der Waals surface area contributed by atoms with Crippen molar-refractivity contribution in [3.8, 4) is 0 Å². The van der Waals surface area contributed by atoms with Gasteiger partial charge in [-0.25, -0.2) is 0 Å². The smallest absolute Gasteiger partial charge is 0.211 e. The standard InChI is InChI=1S/C12H16O3/c1-14-12(15-2)8-7-11(13)9-5-3-4-6-10(9)12/h7-8H,3-6H2,1-2H3. The fourth-order valence-corrected chi connectivity index (χ4v) is 2.41. The summed E-state index contributed by atoms with van der Waals surface area (Å²) in [6.07, 6.45) is 7.23. The molecule has 0 aromatic heterocycles. The molecule has 0 bridgehead atoms. The zero-order chi connectivity index (χ0) is 10.9. The molecule has 3 nitrogen and oxygen atoms in total. The molecule has 0 spiro atoms. The predicted molar refractivity (Wildman–Crippen MR) is 56.4 cm³/mol. The number of allylic oxidation sites excluding steroid dienone is 2. The van der Waals surface area contributed by atoms with Crippen molar-refractivity contribution in [2.75, 3.05) is 14.2 Å². The lowest BCUT2D eigenvalue weighted by atomic mass is 9.81. The van der Waals surface area contributed by atoms with Crippen LogP contribution < -0.4 is 0 Å². The van der Waals surface area contributed by atoms with Crippen LogP contribution in [-0.2, 0) is 14.3 Å².